The Kier molecular flexibility index (Phi) is 3.05. The van der Waals surface area contributed by atoms with Crippen molar-refractivity contribution in [2.75, 3.05) is 19.7 Å². The zero-order valence-electron chi connectivity index (χ0n) is 8.73. The normalized spacial score (nSPS) is 15.8. The molecule has 16 heavy (non-hydrogen) atoms. The van der Waals surface area contributed by atoms with Gasteiger partial charge in [-0.1, -0.05) is 0 Å². The first-order valence-electron chi connectivity index (χ1n) is 5.07. The van der Waals surface area contributed by atoms with Crippen molar-refractivity contribution >= 4 is 5.91 Å². The van der Waals surface area contributed by atoms with Crippen molar-refractivity contribution in [3.05, 3.63) is 30.1 Å². The van der Waals surface area contributed by atoms with E-state index in [1.54, 1.807) is 4.90 Å². The van der Waals surface area contributed by atoms with Crippen LogP contribution in [-0.2, 0) is 4.79 Å². The zero-order chi connectivity index (χ0) is 11.5. The fourth-order valence-corrected chi connectivity index (χ4v) is 1.48. The second-order valence-electron chi connectivity index (χ2n) is 3.80. The summed E-state index contributed by atoms with van der Waals surface area (Å²) in [6, 6.07) is 5.66. The molecule has 0 atom stereocenters. The number of halogens is 1. The Bertz CT molecular complexity index is 374. The Hall–Kier alpha value is -1.62. The molecular formula is C11H13FN2O2. The number of hydrogen-bond donors (Lipinski definition) is 1. The van der Waals surface area contributed by atoms with E-state index < -0.39 is 0 Å². The highest BCUT2D eigenvalue weighted by Crippen LogP contribution is 2.12. The Labute approximate surface area is 92.8 Å². The Morgan fingerprint density at radius 2 is 2.06 bits per heavy atom. The predicted molar refractivity (Wildman–Crippen MR) is 56.5 cm³/mol. The lowest BCUT2D eigenvalue weighted by atomic mass is 10.1. The van der Waals surface area contributed by atoms with Crippen LogP contribution in [0.1, 0.15) is 0 Å². The number of ether oxygens (including phenoxy) is 1. The zero-order valence-corrected chi connectivity index (χ0v) is 8.73. The highest BCUT2D eigenvalue weighted by atomic mass is 19.1. The second kappa shape index (κ2) is 4.49. The van der Waals surface area contributed by atoms with Crippen LogP contribution in [-0.4, -0.2) is 36.5 Å². The minimum Gasteiger partial charge on any atom is -0.484 e. The van der Waals surface area contributed by atoms with E-state index in [2.05, 4.69) is 0 Å². The summed E-state index contributed by atoms with van der Waals surface area (Å²) in [6.07, 6.45) is 0. The second-order valence-corrected chi connectivity index (χ2v) is 3.80. The fourth-order valence-electron chi connectivity index (χ4n) is 1.48. The van der Waals surface area contributed by atoms with Crippen molar-refractivity contribution < 1.29 is 13.9 Å². The van der Waals surface area contributed by atoms with Gasteiger partial charge in [0.2, 0.25) is 0 Å². The molecule has 0 radical (unpaired) electrons. The largest absolute Gasteiger partial charge is 0.484 e. The van der Waals surface area contributed by atoms with Crippen LogP contribution in [0.3, 0.4) is 0 Å². The summed E-state index contributed by atoms with van der Waals surface area (Å²) >= 11 is 0. The Morgan fingerprint density at radius 3 is 2.62 bits per heavy atom. The lowest BCUT2D eigenvalue weighted by Gasteiger charge is -2.36. The maximum atomic E-state index is 12.6. The van der Waals surface area contributed by atoms with E-state index in [9.17, 15) is 9.18 Å². The molecule has 1 amide bonds. The van der Waals surface area contributed by atoms with E-state index in [-0.39, 0.29) is 24.4 Å². The summed E-state index contributed by atoms with van der Waals surface area (Å²) < 4.78 is 17.8. The minimum atomic E-state index is -0.326. The summed E-state index contributed by atoms with van der Waals surface area (Å²) in [5.74, 6) is 0.0676. The van der Waals surface area contributed by atoms with Gasteiger partial charge in [0.25, 0.3) is 5.91 Å². The number of carbonyl (C=O) groups excluding carboxylic acids is 1. The molecule has 1 aromatic rings. The quantitative estimate of drug-likeness (QED) is 0.807. The lowest BCUT2D eigenvalue weighted by molar-refractivity contribution is -0.137. The molecule has 0 spiro atoms. The lowest BCUT2D eigenvalue weighted by Crippen LogP contribution is -2.58. The van der Waals surface area contributed by atoms with E-state index >= 15 is 0 Å². The first-order valence-corrected chi connectivity index (χ1v) is 5.07. The van der Waals surface area contributed by atoms with Gasteiger partial charge in [0.15, 0.2) is 6.61 Å². The number of hydrogen-bond acceptors (Lipinski definition) is 3. The van der Waals surface area contributed by atoms with E-state index in [1.165, 1.54) is 24.3 Å². The van der Waals surface area contributed by atoms with Gasteiger partial charge < -0.3 is 15.4 Å². The van der Waals surface area contributed by atoms with Crippen molar-refractivity contribution in [1.29, 1.82) is 0 Å². The van der Waals surface area contributed by atoms with Gasteiger partial charge in [0, 0.05) is 19.1 Å². The van der Waals surface area contributed by atoms with E-state index in [1.807, 2.05) is 0 Å². The van der Waals surface area contributed by atoms with Gasteiger partial charge in [-0.2, -0.15) is 0 Å². The van der Waals surface area contributed by atoms with Gasteiger partial charge in [-0.3, -0.25) is 4.79 Å². The number of nitrogens with zero attached hydrogens (tertiary/aromatic N) is 1. The number of carbonyl (C=O) groups is 1. The smallest absolute Gasteiger partial charge is 0.260 e. The van der Waals surface area contributed by atoms with E-state index in [4.69, 9.17) is 10.5 Å². The number of rotatable bonds is 3. The number of nitrogens with two attached hydrogens (primary N) is 1. The molecule has 0 aliphatic carbocycles. The molecule has 1 aromatic carbocycles. The van der Waals surface area contributed by atoms with Gasteiger partial charge in [0.1, 0.15) is 11.6 Å². The molecule has 4 nitrogen and oxygen atoms in total. The standard InChI is InChI=1S/C11H13FN2O2/c12-8-1-3-10(4-2-8)16-7-11(15)14-5-9(13)6-14/h1-4,9H,5-7,13H2. The van der Waals surface area contributed by atoms with Gasteiger partial charge in [0.05, 0.1) is 0 Å². The van der Waals surface area contributed by atoms with Gasteiger partial charge in [-0.05, 0) is 24.3 Å². The van der Waals surface area contributed by atoms with Crippen LogP contribution in [0, 0.1) is 5.82 Å². The molecule has 1 heterocycles. The summed E-state index contributed by atoms with van der Waals surface area (Å²) in [5.41, 5.74) is 5.55. The van der Waals surface area contributed by atoms with Crippen molar-refractivity contribution in [3.8, 4) is 5.75 Å². The third-order valence-corrected chi connectivity index (χ3v) is 2.44. The van der Waals surface area contributed by atoms with Crippen LogP contribution < -0.4 is 10.5 Å². The summed E-state index contributed by atoms with van der Waals surface area (Å²) in [7, 11) is 0. The topological polar surface area (TPSA) is 55.6 Å². The van der Waals surface area contributed by atoms with Crippen LogP contribution in [0.25, 0.3) is 0 Å². The Balaban J connectivity index is 1.79. The molecule has 1 aliphatic heterocycles. The monoisotopic (exact) mass is 224 g/mol. The maximum absolute atomic E-state index is 12.6. The first-order chi connectivity index (χ1) is 7.65. The average molecular weight is 224 g/mol. The minimum absolute atomic E-state index is 0.0294. The molecule has 0 bridgehead atoms. The highest BCUT2D eigenvalue weighted by molar-refractivity contribution is 5.78. The van der Waals surface area contributed by atoms with Gasteiger partial charge in [-0.15, -0.1) is 0 Å². The van der Waals surface area contributed by atoms with Crippen LogP contribution in [0.15, 0.2) is 24.3 Å². The molecular weight excluding hydrogens is 211 g/mol. The molecule has 1 saturated heterocycles. The fraction of sp³-hybridized carbons (Fsp3) is 0.364. The van der Waals surface area contributed by atoms with Crippen LogP contribution in [0.2, 0.25) is 0 Å². The molecule has 0 aromatic heterocycles. The third kappa shape index (κ3) is 2.49. The van der Waals surface area contributed by atoms with Gasteiger partial charge >= 0.3 is 0 Å². The SMILES string of the molecule is NC1CN(C(=O)COc2ccc(F)cc2)C1. The first kappa shape index (κ1) is 10.9. The maximum Gasteiger partial charge on any atom is 0.260 e. The van der Waals surface area contributed by atoms with Crippen molar-refractivity contribution in [2.24, 2.45) is 5.73 Å². The number of amides is 1. The third-order valence-electron chi connectivity index (χ3n) is 2.44. The molecule has 1 aliphatic rings. The van der Waals surface area contributed by atoms with E-state index in [0.29, 0.717) is 18.8 Å². The summed E-state index contributed by atoms with van der Waals surface area (Å²) in [4.78, 5) is 13.1. The number of likely N-dealkylation sites (tertiary alicyclic amines) is 1. The summed E-state index contributed by atoms with van der Waals surface area (Å²) in [6.45, 7) is 1.15. The van der Waals surface area contributed by atoms with Crippen molar-refractivity contribution in [3.63, 3.8) is 0 Å². The Morgan fingerprint density at radius 1 is 1.44 bits per heavy atom. The molecule has 86 valence electrons. The summed E-state index contributed by atoms with van der Waals surface area (Å²) in [5, 5.41) is 0. The van der Waals surface area contributed by atoms with Crippen LogP contribution in [0.4, 0.5) is 4.39 Å². The highest BCUT2D eigenvalue weighted by Gasteiger charge is 2.27. The predicted octanol–water partition coefficient (Wildman–Crippen LogP) is 0.374. The molecule has 0 saturated carbocycles. The average Bonchev–Trinajstić information content (AvgIpc) is 2.24. The van der Waals surface area contributed by atoms with Crippen LogP contribution in [0.5, 0.6) is 5.75 Å². The van der Waals surface area contributed by atoms with Crippen LogP contribution >= 0.6 is 0 Å². The van der Waals surface area contributed by atoms with Crippen molar-refractivity contribution in [2.45, 2.75) is 6.04 Å². The molecule has 5 heteroatoms. The van der Waals surface area contributed by atoms with Gasteiger partial charge in [-0.25, -0.2) is 4.39 Å². The molecule has 0 unspecified atom stereocenters. The van der Waals surface area contributed by atoms with Crippen molar-refractivity contribution in [1.82, 2.24) is 4.90 Å². The molecule has 2 rings (SSSR count). The number of benzene rings is 1. The molecule has 2 N–H and O–H groups in total. The van der Waals surface area contributed by atoms with E-state index in [0.717, 1.165) is 0 Å². The molecule has 1 fully saturated rings.